The van der Waals surface area contributed by atoms with Gasteiger partial charge in [-0.05, 0) is 18.6 Å². The average Bonchev–Trinajstić information content (AvgIpc) is 2.66. The highest BCUT2D eigenvalue weighted by atomic mass is 16.5. The third-order valence-electron chi connectivity index (χ3n) is 4.65. The van der Waals surface area contributed by atoms with Crippen molar-refractivity contribution in [2.24, 2.45) is 0 Å². The van der Waals surface area contributed by atoms with E-state index in [1.54, 1.807) is 17.0 Å². The average molecular weight is 366 g/mol. The summed E-state index contributed by atoms with van der Waals surface area (Å²) < 4.78 is 16.0. The van der Waals surface area contributed by atoms with E-state index >= 15 is 0 Å². The lowest BCUT2D eigenvalue weighted by Crippen LogP contribution is -2.53. The van der Waals surface area contributed by atoms with E-state index < -0.39 is 12.0 Å². The minimum atomic E-state index is -0.825. The molecule has 0 radical (unpaired) electrons. The summed E-state index contributed by atoms with van der Waals surface area (Å²) in [6, 6.07) is 2.81. The van der Waals surface area contributed by atoms with Gasteiger partial charge in [0.25, 0.3) is 5.91 Å². The Morgan fingerprint density at radius 2 is 1.65 bits per heavy atom. The second-order valence-electron chi connectivity index (χ2n) is 5.97. The molecule has 1 N–H and O–H groups in total. The number of methoxy groups -OCH3 is 3. The van der Waals surface area contributed by atoms with Crippen molar-refractivity contribution in [2.75, 3.05) is 47.5 Å². The van der Waals surface area contributed by atoms with E-state index in [4.69, 9.17) is 14.2 Å². The monoisotopic (exact) mass is 366 g/mol. The summed E-state index contributed by atoms with van der Waals surface area (Å²) in [5, 5.41) is 9.29. The van der Waals surface area contributed by atoms with Crippen molar-refractivity contribution in [3.63, 3.8) is 0 Å². The van der Waals surface area contributed by atoms with E-state index in [2.05, 4.69) is 0 Å². The van der Waals surface area contributed by atoms with Gasteiger partial charge in [0.05, 0.1) is 26.9 Å². The fourth-order valence-electron chi connectivity index (χ4n) is 3.27. The molecule has 1 unspecified atom stereocenters. The van der Waals surface area contributed by atoms with Gasteiger partial charge in [0.2, 0.25) is 5.75 Å². The number of nitrogens with zero attached hydrogens (tertiary/aromatic N) is 2. The van der Waals surface area contributed by atoms with Crippen LogP contribution in [0.25, 0.3) is 0 Å². The first-order valence-electron chi connectivity index (χ1n) is 8.53. The van der Waals surface area contributed by atoms with E-state index in [0.717, 1.165) is 0 Å². The number of carboxylic acid groups (broad SMARTS) is 1. The van der Waals surface area contributed by atoms with Crippen LogP contribution in [0, 0.1) is 0 Å². The van der Waals surface area contributed by atoms with Crippen molar-refractivity contribution >= 4 is 11.9 Å². The Morgan fingerprint density at radius 3 is 2.12 bits per heavy atom. The van der Waals surface area contributed by atoms with Gasteiger partial charge in [0, 0.05) is 26.2 Å². The molecule has 0 spiro atoms. The number of hydrogen-bond acceptors (Lipinski definition) is 6. The van der Waals surface area contributed by atoms with Crippen molar-refractivity contribution < 1.29 is 28.9 Å². The fourth-order valence-corrected chi connectivity index (χ4v) is 3.27. The third kappa shape index (κ3) is 3.85. The summed E-state index contributed by atoms with van der Waals surface area (Å²) in [7, 11) is 4.49. The molecule has 2 rings (SSSR count). The number of piperazine rings is 1. The van der Waals surface area contributed by atoms with Gasteiger partial charge in [-0.15, -0.1) is 0 Å². The van der Waals surface area contributed by atoms with Gasteiger partial charge >= 0.3 is 5.97 Å². The molecular weight excluding hydrogens is 340 g/mol. The molecule has 0 aliphatic carbocycles. The quantitative estimate of drug-likeness (QED) is 0.779. The highest BCUT2D eigenvalue weighted by Gasteiger charge is 2.31. The number of benzene rings is 1. The van der Waals surface area contributed by atoms with E-state index in [9.17, 15) is 14.7 Å². The van der Waals surface area contributed by atoms with Gasteiger partial charge in [-0.2, -0.15) is 0 Å². The number of ether oxygens (including phenoxy) is 3. The summed E-state index contributed by atoms with van der Waals surface area (Å²) in [5.41, 5.74) is 0.392. The molecule has 8 heteroatoms. The fraction of sp³-hybridized carbons (Fsp3) is 0.556. The highest BCUT2D eigenvalue weighted by molar-refractivity contribution is 5.98. The van der Waals surface area contributed by atoms with Gasteiger partial charge in [0.15, 0.2) is 11.5 Å². The number of carbonyl (C=O) groups is 2. The maximum Gasteiger partial charge on any atom is 0.320 e. The van der Waals surface area contributed by atoms with Gasteiger partial charge in [-0.3, -0.25) is 14.5 Å². The summed E-state index contributed by atoms with van der Waals surface area (Å²) in [4.78, 5) is 27.9. The molecule has 0 saturated carbocycles. The van der Waals surface area contributed by atoms with Crippen LogP contribution in [0.4, 0.5) is 0 Å². The van der Waals surface area contributed by atoms with Gasteiger partial charge in [-0.1, -0.05) is 6.92 Å². The largest absolute Gasteiger partial charge is 0.493 e. The molecule has 1 aromatic rings. The molecule has 1 amide bonds. The lowest BCUT2D eigenvalue weighted by molar-refractivity contribution is -0.144. The second-order valence-corrected chi connectivity index (χ2v) is 5.97. The molecule has 1 aliphatic heterocycles. The standard InChI is InChI=1S/C18H26N2O6/c1-5-13(18(22)23)19-8-10-20(11-9-19)17(21)12-6-7-14(24-2)16(26-4)15(12)25-3/h6-7,13H,5,8-11H2,1-4H3,(H,22,23). The molecule has 1 atom stereocenters. The Kier molecular flexibility index (Phi) is 6.68. The predicted molar refractivity (Wildman–Crippen MR) is 95.3 cm³/mol. The van der Waals surface area contributed by atoms with Crippen LogP contribution in [-0.4, -0.2) is 80.3 Å². The zero-order valence-corrected chi connectivity index (χ0v) is 15.7. The van der Waals surface area contributed by atoms with Gasteiger partial charge in [0.1, 0.15) is 6.04 Å². The maximum absolute atomic E-state index is 12.9. The minimum absolute atomic E-state index is 0.175. The second kappa shape index (κ2) is 8.75. The summed E-state index contributed by atoms with van der Waals surface area (Å²) in [6.07, 6.45) is 0.535. The first kappa shape index (κ1) is 19.8. The van der Waals surface area contributed by atoms with E-state index in [1.807, 2.05) is 11.8 Å². The predicted octanol–water partition coefficient (Wildman–Crippen LogP) is 1.33. The van der Waals surface area contributed by atoms with Crippen molar-refractivity contribution in [3.8, 4) is 17.2 Å². The topological polar surface area (TPSA) is 88.5 Å². The molecule has 1 aliphatic rings. The first-order chi connectivity index (χ1) is 12.5. The lowest BCUT2D eigenvalue weighted by Gasteiger charge is -2.37. The SMILES string of the molecule is CCC(C(=O)O)N1CCN(C(=O)c2ccc(OC)c(OC)c2OC)CC1. The summed E-state index contributed by atoms with van der Waals surface area (Å²) >= 11 is 0. The lowest BCUT2D eigenvalue weighted by atomic mass is 10.1. The molecule has 1 fully saturated rings. The van der Waals surface area contributed by atoms with Gasteiger partial charge in [-0.25, -0.2) is 0 Å². The van der Waals surface area contributed by atoms with E-state index in [-0.39, 0.29) is 5.91 Å². The Labute approximate surface area is 153 Å². The number of carbonyl (C=O) groups excluding carboxylic acids is 1. The Balaban J connectivity index is 2.17. The van der Waals surface area contributed by atoms with Crippen LogP contribution in [-0.2, 0) is 4.79 Å². The number of aliphatic carboxylic acids is 1. The number of rotatable bonds is 7. The highest BCUT2D eigenvalue weighted by Crippen LogP contribution is 2.40. The molecular formula is C18H26N2O6. The zero-order valence-electron chi connectivity index (χ0n) is 15.7. The van der Waals surface area contributed by atoms with Crippen LogP contribution in [0.3, 0.4) is 0 Å². The van der Waals surface area contributed by atoms with Gasteiger partial charge < -0.3 is 24.2 Å². The maximum atomic E-state index is 12.9. The van der Waals surface area contributed by atoms with Crippen LogP contribution < -0.4 is 14.2 Å². The smallest absolute Gasteiger partial charge is 0.320 e. The molecule has 26 heavy (non-hydrogen) atoms. The van der Waals surface area contributed by atoms with Crippen LogP contribution in [0.1, 0.15) is 23.7 Å². The molecule has 144 valence electrons. The molecule has 1 aromatic carbocycles. The Bertz CT molecular complexity index is 655. The molecule has 1 heterocycles. The van der Waals surface area contributed by atoms with Crippen molar-refractivity contribution in [1.82, 2.24) is 9.80 Å². The van der Waals surface area contributed by atoms with Crippen LogP contribution >= 0.6 is 0 Å². The Hall–Kier alpha value is -2.48. The van der Waals surface area contributed by atoms with Crippen molar-refractivity contribution in [2.45, 2.75) is 19.4 Å². The van der Waals surface area contributed by atoms with Crippen molar-refractivity contribution in [1.29, 1.82) is 0 Å². The first-order valence-corrected chi connectivity index (χ1v) is 8.53. The number of carboxylic acids is 1. The summed E-state index contributed by atoms with van der Waals surface area (Å²) in [6.45, 7) is 3.81. The molecule has 0 bridgehead atoms. The zero-order chi connectivity index (χ0) is 19.3. The van der Waals surface area contributed by atoms with E-state index in [0.29, 0.717) is 55.4 Å². The number of hydrogen-bond donors (Lipinski definition) is 1. The third-order valence-corrected chi connectivity index (χ3v) is 4.65. The van der Waals surface area contributed by atoms with Crippen molar-refractivity contribution in [3.05, 3.63) is 17.7 Å². The minimum Gasteiger partial charge on any atom is -0.493 e. The number of amides is 1. The van der Waals surface area contributed by atoms with Crippen LogP contribution in [0.2, 0.25) is 0 Å². The van der Waals surface area contributed by atoms with Crippen LogP contribution in [0.5, 0.6) is 17.2 Å². The van der Waals surface area contributed by atoms with Crippen LogP contribution in [0.15, 0.2) is 12.1 Å². The normalized spacial score (nSPS) is 16.1. The summed E-state index contributed by atoms with van der Waals surface area (Å²) in [5.74, 6) is 0.185. The Morgan fingerprint density at radius 1 is 1.04 bits per heavy atom. The molecule has 0 aromatic heterocycles. The molecule has 8 nitrogen and oxygen atoms in total. The van der Waals surface area contributed by atoms with E-state index in [1.165, 1.54) is 21.3 Å². The molecule has 1 saturated heterocycles.